The topological polar surface area (TPSA) is 29.3 Å². The molecule has 2 heteroatoms. The molecular formula is C16H34N2. The third kappa shape index (κ3) is 3.48. The van der Waals surface area contributed by atoms with Gasteiger partial charge in [0.2, 0.25) is 0 Å². The Morgan fingerprint density at radius 2 is 1.89 bits per heavy atom. The predicted octanol–water partition coefficient (Wildman–Crippen LogP) is 3.65. The molecule has 2 atom stereocenters. The SMILES string of the molecule is CCC(CC)CN(CC)C1(CN)CCC(CC)C1. The van der Waals surface area contributed by atoms with Gasteiger partial charge in [-0.15, -0.1) is 0 Å². The van der Waals surface area contributed by atoms with E-state index in [0.717, 1.165) is 24.9 Å². The highest BCUT2D eigenvalue weighted by molar-refractivity contribution is 4.98. The van der Waals surface area contributed by atoms with E-state index in [0.29, 0.717) is 5.54 Å². The van der Waals surface area contributed by atoms with E-state index >= 15 is 0 Å². The van der Waals surface area contributed by atoms with Crippen molar-refractivity contribution in [1.29, 1.82) is 0 Å². The molecule has 1 rings (SSSR count). The Morgan fingerprint density at radius 3 is 2.28 bits per heavy atom. The summed E-state index contributed by atoms with van der Waals surface area (Å²) in [7, 11) is 0. The summed E-state index contributed by atoms with van der Waals surface area (Å²) in [5.74, 6) is 1.75. The minimum Gasteiger partial charge on any atom is -0.329 e. The van der Waals surface area contributed by atoms with Crippen molar-refractivity contribution in [3.8, 4) is 0 Å². The molecule has 0 aliphatic heterocycles. The van der Waals surface area contributed by atoms with E-state index in [2.05, 4.69) is 32.6 Å². The second kappa shape index (κ2) is 7.49. The first-order valence-electron chi connectivity index (χ1n) is 8.10. The summed E-state index contributed by atoms with van der Waals surface area (Å²) in [6.45, 7) is 12.5. The van der Waals surface area contributed by atoms with Gasteiger partial charge in [-0.3, -0.25) is 4.90 Å². The molecule has 1 aliphatic rings. The minimum absolute atomic E-state index is 0.317. The molecule has 2 N–H and O–H groups in total. The smallest absolute Gasteiger partial charge is 0.0334 e. The van der Waals surface area contributed by atoms with Crippen LogP contribution >= 0.6 is 0 Å². The number of rotatable bonds is 8. The second-order valence-corrected chi connectivity index (χ2v) is 6.17. The Kier molecular flexibility index (Phi) is 6.65. The Labute approximate surface area is 114 Å². The summed E-state index contributed by atoms with van der Waals surface area (Å²) < 4.78 is 0. The minimum atomic E-state index is 0.317. The fourth-order valence-electron chi connectivity index (χ4n) is 3.68. The summed E-state index contributed by atoms with van der Waals surface area (Å²) in [6.07, 6.45) is 7.94. The number of nitrogens with two attached hydrogens (primary N) is 1. The van der Waals surface area contributed by atoms with Gasteiger partial charge in [0.1, 0.15) is 0 Å². The van der Waals surface area contributed by atoms with Gasteiger partial charge in [-0.2, -0.15) is 0 Å². The molecule has 2 unspecified atom stereocenters. The lowest BCUT2D eigenvalue weighted by Gasteiger charge is -2.42. The van der Waals surface area contributed by atoms with E-state index in [1.54, 1.807) is 0 Å². The van der Waals surface area contributed by atoms with Gasteiger partial charge in [0.25, 0.3) is 0 Å². The Morgan fingerprint density at radius 1 is 1.22 bits per heavy atom. The summed E-state index contributed by atoms with van der Waals surface area (Å²) in [4.78, 5) is 2.71. The Hall–Kier alpha value is -0.0800. The lowest BCUT2D eigenvalue weighted by Crippen LogP contribution is -2.53. The van der Waals surface area contributed by atoms with Gasteiger partial charge in [0, 0.05) is 18.6 Å². The van der Waals surface area contributed by atoms with Crippen molar-refractivity contribution >= 4 is 0 Å². The molecule has 0 amide bonds. The predicted molar refractivity (Wildman–Crippen MR) is 80.7 cm³/mol. The van der Waals surface area contributed by atoms with Crippen LogP contribution in [0.25, 0.3) is 0 Å². The first-order valence-corrected chi connectivity index (χ1v) is 8.10. The Balaban J connectivity index is 2.71. The quantitative estimate of drug-likeness (QED) is 0.716. The second-order valence-electron chi connectivity index (χ2n) is 6.17. The zero-order valence-corrected chi connectivity index (χ0v) is 13.0. The van der Waals surface area contributed by atoms with Gasteiger partial charge in [-0.25, -0.2) is 0 Å². The van der Waals surface area contributed by atoms with Gasteiger partial charge in [0.15, 0.2) is 0 Å². The van der Waals surface area contributed by atoms with Crippen LogP contribution in [0.4, 0.5) is 0 Å². The van der Waals surface area contributed by atoms with Crippen molar-refractivity contribution in [3.63, 3.8) is 0 Å². The van der Waals surface area contributed by atoms with Crippen LogP contribution in [0.5, 0.6) is 0 Å². The largest absolute Gasteiger partial charge is 0.329 e. The van der Waals surface area contributed by atoms with Gasteiger partial charge in [-0.05, 0) is 37.6 Å². The number of nitrogens with zero attached hydrogens (tertiary/aromatic N) is 1. The highest BCUT2D eigenvalue weighted by Gasteiger charge is 2.41. The molecule has 0 bridgehead atoms. The van der Waals surface area contributed by atoms with E-state index in [4.69, 9.17) is 5.73 Å². The van der Waals surface area contributed by atoms with Crippen LogP contribution in [0.3, 0.4) is 0 Å². The maximum absolute atomic E-state index is 6.18. The van der Waals surface area contributed by atoms with E-state index in [1.807, 2.05) is 0 Å². The van der Waals surface area contributed by atoms with Gasteiger partial charge in [0.05, 0.1) is 0 Å². The lowest BCUT2D eigenvalue weighted by atomic mass is 9.90. The normalized spacial score (nSPS) is 28.5. The molecule has 0 saturated heterocycles. The maximum atomic E-state index is 6.18. The molecular weight excluding hydrogens is 220 g/mol. The summed E-state index contributed by atoms with van der Waals surface area (Å²) >= 11 is 0. The molecule has 0 aromatic heterocycles. The van der Waals surface area contributed by atoms with Crippen LogP contribution < -0.4 is 5.73 Å². The average molecular weight is 254 g/mol. The molecule has 0 aromatic carbocycles. The summed E-state index contributed by atoms with van der Waals surface area (Å²) in [5, 5.41) is 0. The first kappa shape index (κ1) is 16.0. The molecule has 1 saturated carbocycles. The van der Waals surface area contributed by atoms with Crippen LogP contribution in [0, 0.1) is 11.8 Å². The molecule has 0 aromatic rings. The Bertz CT molecular complexity index is 225. The van der Waals surface area contributed by atoms with Crippen LogP contribution in [0.15, 0.2) is 0 Å². The number of hydrogen-bond donors (Lipinski definition) is 1. The van der Waals surface area contributed by atoms with Gasteiger partial charge < -0.3 is 5.73 Å². The molecule has 18 heavy (non-hydrogen) atoms. The lowest BCUT2D eigenvalue weighted by molar-refractivity contribution is 0.0800. The third-order valence-corrected chi connectivity index (χ3v) is 5.33. The molecule has 108 valence electrons. The van der Waals surface area contributed by atoms with Crippen LogP contribution in [-0.2, 0) is 0 Å². The molecule has 0 heterocycles. The van der Waals surface area contributed by atoms with E-state index in [-0.39, 0.29) is 0 Å². The van der Waals surface area contributed by atoms with Gasteiger partial charge in [-0.1, -0.05) is 47.0 Å². The van der Waals surface area contributed by atoms with Crippen molar-refractivity contribution < 1.29 is 0 Å². The molecule has 0 spiro atoms. The fourth-order valence-corrected chi connectivity index (χ4v) is 3.68. The van der Waals surface area contributed by atoms with Crippen molar-refractivity contribution in [2.45, 2.75) is 71.8 Å². The van der Waals surface area contributed by atoms with E-state index in [9.17, 15) is 0 Å². The zero-order valence-electron chi connectivity index (χ0n) is 13.0. The maximum Gasteiger partial charge on any atom is 0.0334 e. The van der Waals surface area contributed by atoms with Crippen molar-refractivity contribution in [2.24, 2.45) is 17.6 Å². The monoisotopic (exact) mass is 254 g/mol. The third-order valence-electron chi connectivity index (χ3n) is 5.33. The van der Waals surface area contributed by atoms with E-state index < -0.39 is 0 Å². The van der Waals surface area contributed by atoms with Crippen molar-refractivity contribution in [3.05, 3.63) is 0 Å². The average Bonchev–Trinajstić information content (AvgIpc) is 2.85. The number of hydrogen-bond acceptors (Lipinski definition) is 2. The fraction of sp³-hybridized carbons (Fsp3) is 1.00. The zero-order chi connectivity index (χ0) is 13.6. The van der Waals surface area contributed by atoms with Gasteiger partial charge >= 0.3 is 0 Å². The molecule has 0 radical (unpaired) electrons. The van der Waals surface area contributed by atoms with E-state index in [1.165, 1.54) is 45.1 Å². The first-order chi connectivity index (χ1) is 8.65. The highest BCUT2D eigenvalue weighted by Crippen LogP contribution is 2.40. The molecule has 1 aliphatic carbocycles. The summed E-state index contributed by atoms with van der Waals surface area (Å²) in [5.41, 5.74) is 6.50. The highest BCUT2D eigenvalue weighted by atomic mass is 15.2. The standard InChI is InChI=1S/C16H34N2/c1-5-14(6-2)12-18(8-4)16(13-17)10-9-15(7-3)11-16/h14-15H,5-13,17H2,1-4H3. The van der Waals surface area contributed by atoms with Crippen molar-refractivity contribution in [1.82, 2.24) is 4.90 Å². The van der Waals surface area contributed by atoms with Crippen molar-refractivity contribution in [2.75, 3.05) is 19.6 Å². The molecule has 2 nitrogen and oxygen atoms in total. The van der Waals surface area contributed by atoms with Crippen LogP contribution in [0.2, 0.25) is 0 Å². The van der Waals surface area contributed by atoms with Crippen LogP contribution in [0.1, 0.15) is 66.2 Å². The molecule has 1 fully saturated rings. The van der Waals surface area contributed by atoms with Crippen LogP contribution in [-0.4, -0.2) is 30.1 Å². The number of likely N-dealkylation sites (N-methyl/N-ethyl adjacent to an activating group) is 1. The summed E-state index contributed by atoms with van der Waals surface area (Å²) in [6, 6.07) is 0.